The first kappa shape index (κ1) is 13.7. The lowest BCUT2D eigenvalue weighted by atomic mass is 10.1. The Labute approximate surface area is 102 Å². The molecule has 0 atom stereocenters. The fourth-order valence-corrected chi connectivity index (χ4v) is 1.71. The minimum atomic E-state index is -4.76. The van der Waals surface area contributed by atoms with Crippen LogP contribution in [0.4, 0.5) is 17.6 Å². The van der Waals surface area contributed by atoms with Crippen molar-refractivity contribution in [2.24, 2.45) is 0 Å². The van der Waals surface area contributed by atoms with Gasteiger partial charge in [0.1, 0.15) is 5.82 Å². The van der Waals surface area contributed by atoms with Crippen molar-refractivity contribution >= 4 is 28.0 Å². The topological polar surface area (TPSA) is 37.3 Å². The normalized spacial score (nSPS) is 12.1. The van der Waals surface area contributed by atoms with E-state index in [4.69, 9.17) is 5.11 Å². The summed E-state index contributed by atoms with van der Waals surface area (Å²) in [7, 11) is 0. The van der Waals surface area contributed by atoms with E-state index in [2.05, 4.69) is 15.9 Å². The summed E-state index contributed by atoms with van der Waals surface area (Å²) in [6.07, 6.45) is -3.45. The van der Waals surface area contributed by atoms with Crippen LogP contribution in [0.25, 0.3) is 6.08 Å². The van der Waals surface area contributed by atoms with Gasteiger partial charge in [0.2, 0.25) is 0 Å². The first-order valence-electron chi connectivity index (χ1n) is 4.19. The van der Waals surface area contributed by atoms with Crippen molar-refractivity contribution in [3.05, 3.63) is 39.6 Å². The minimum absolute atomic E-state index is 0.165. The van der Waals surface area contributed by atoms with Crippen molar-refractivity contribution < 1.29 is 27.5 Å². The molecule has 0 heterocycles. The van der Waals surface area contributed by atoms with E-state index in [9.17, 15) is 22.4 Å². The minimum Gasteiger partial charge on any atom is -0.478 e. The maximum atomic E-state index is 12.9. The zero-order chi connectivity index (χ0) is 13.2. The van der Waals surface area contributed by atoms with Crippen LogP contribution in [0, 0.1) is 5.82 Å². The molecular weight excluding hydrogens is 308 g/mol. The lowest BCUT2D eigenvalue weighted by Gasteiger charge is -2.12. The lowest BCUT2D eigenvalue weighted by Crippen LogP contribution is -2.08. The van der Waals surface area contributed by atoms with Crippen molar-refractivity contribution in [3.63, 3.8) is 0 Å². The Balaban J connectivity index is 3.41. The van der Waals surface area contributed by atoms with Crippen molar-refractivity contribution in [1.29, 1.82) is 0 Å². The summed E-state index contributed by atoms with van der Waals surface area (Å²) >= 11 is 2.76. The van der Waals surface area contributed by atoms with E-state index in [1.165, 1.54) is 0 Å². The molecule has 7 heteroatoms. The molecule has 0 bridgehead atoms. The highest BCUT2D eigenvalue weighted by molar-refractivity contribution is 9.10. The number of aliphatic carboxylic acids is 1. The number of carboxylic acids is 1. The smallest absolute Gasteiger partial charge is 0.417 e. The van der Waals surface area contributed by atoms with Crippen LogP contribution in [0.15, 0.2) is 22.7 Å². The van der Waals surface area contributed by atoms with Crippen LogP contribution in [-0.4, -0.2) is 11.1 Å². The van der Waals surface area contributed by atoms with Gasteiger partial charge in [-0.25, -0.2) is 9.18 Å². The fraction of sp³-hybridized carbons (Fsp3) is 0.100. The molecule has 1 aromatic rings. The second-order valence-electron chi connectivity index (χ2n) is 3.02. The number of hydrogen-bond donors (Lipinski definition) is 1. The van der Waals surface area contributed by atoms with E-state index in [-0.39, 0.29) is 4.47 Å². The zero-order valence-electron chi connectivity index (χ0n) is 8.05. The van der Waals surface area contributed by atoms with E-state index in [0.29, 0.717) is 12.1 Å². The van der Waals surface area contributed by atoms with Crippen LogP contribution in [0.1, 0.15) is 11.1 Å². The van der Waals surface area contributed by atoms with Gasteiger partial charge in [-0.05, 0) is 18.2 Å². The number of hydrogen-bond acceptors (Lipinski definition) is 1. The van der Waals surface area contributed by atoms with E-state index in [1.54, 1.807) is 0 Å². The molecule has 17 heavy (non-hydrogen) atoms. The van der Waals surface area contributed by atoms with Crippen LogP contribution in [0.5, 0.6) is 0 Å². The standard InChI is InChI=1S/C10H5BrF4O2/c11-8-4-5(12)3-7(10(13,14)15)6(8)1-2-9(16)17/h1-4H,(H,16,17)/b2-1+. The third-order valence-electron chi connectivity index (χ3n) is 1.79. The van der Waals surface area contributed by atoms with Gasteiger partial charge in [0, 0.05) is 16.1 Å². The van der Waals surface area contributed by atoms with Crippen molar-refractivity contribution in [2.75, 3.05) is 0 Å². The Morgan fingerprint density at radius 1 is 1.35 bits per heavy atom. The predicted molar refractivity (Wildman–Crippen MR) is 55.8 cm³/mol. The number of halogens is 5. The van der Waals surface area contributed by atoms with E-state index in [0.717, 1.165) is 12.1 Å². The maximum absolute atomic E-state index is 12.9. The molecule has 0 unspecified atom stereocenters. The Hall–Kier alpha value is -1.37. The molecule has 0 aliphatic rings. The Morgan fingerprint density at radius 3 is 2.41 bits per heavy atom. The van der Waals surface area contributed by atoms with Crippen molar-refractivity contribution in [3.8, 4) is 0 Å². The molecule has 0 saturated carbocycles. The molecular formula is C10H5BrF4O2. The van der Waals surface area contributed by atoms with Crippen molar-refractivity contribution in [1.82, 2.24) is 0 Å². The third-order valence-corrected chi connectivity index (χ3v) is 2.45. The Kier molecular flexibility index (Phi) is 3.92. The van der Waals surface area contributed by atoms with Crippen LogP contribution in [0.2, 0.25) is 0 Å². The summed E-state index contributed by atoms with van der Waals surface area (Å²) in [5, 5.41) is 8.36. The first-order chi connectivity index (χ1) is 7.71. The summed E-state index contributed by atoms with van der Waals surface area (Å²) in [4.78, 5) is 10.3. The van der Waals surface area contributed by atoms with Crippen LogP contribution < -0.4 is 0 Å². The lowest BCUT2D eigenvalue weighted by molar-refractivity contribution is -0.138. The SMILES string of the molecule is O=C(O)/C=C/c1c(Br)cc(F)cc1C(F)(F)F. The second kappa shape index (κ2) is 4.87. The number of carboxylic acid groups (broad SMARTS) is 1. The number of rotatable bonds is 2. The predicted octanol–water partition coefficient (Wildman–Crippen LogP) is 3.70. The second-order valence-corrected chi connectivity index (χ2v) is 3.87. The highest BCUT2D eigenvalue weighted by atomic mass is 79.9. The van der Waals surface area contributed by atoms with Gasteiger partial charge in [-0.15, -0.1) is 0 Å². The summed E-state index contributed by atoms with van der Waals surface area (Å²) < 4.78 is 50.4. The van der Waals surface area contributed by atoms with Crippen LogP contribution in [-0.2, 0) is 11.0 Å². The van der Waals surface area contributed by atoms with Crippen LogP contribution in [0.3, 0.4) is 0 Å². The quantitative estimate of drug-likeness (QED) is 0.668. The molecule has 0 radical (unpaired) electrons. The summed E-state index contributed by atoms with van der Waals surface area (Å²) in [6, 6.07) is 1.14. The van der Waals surface area contributed by atoms with Gasteiger partial charge in [-0.2, -0.15) is 13.2 Å². The zero-order valence-corrected chi connectivity index (χ0v) is 9.64. The summed E-state index contributed by atoms with van der Waals surface area (Å²) in [6.45, 7) is 0. The first-order valence-corrected chi connectivity index (χ1v) is 4.98. The number of benzene rings is 1. The van der Waals surface area contributed by atoms with E-state index < -0.39 is 29.1 Å². The average molecular weight is 313 g/mol. The molecule has 0 aliphatic carbocycles. The monoisotopic (exact) mass is 312 g/mol. The number of carbonyl (C=O) groups is 1. The van der Waals surface area contributed by atoms with E-state index in [1.807, 2.05) is 0 Å². The molecule has 0 spiro atoms. The van der Waals surface area contributed by atoms with E-state index >= 15 is 0 Å². The molecule has 1 aromatic carbocycles. The number of alkyl halides is 3. The van der Waals surface area contributed by atoms with Gasteiger partial charge in [0.05, 0.1) is 5.56 Å². The van der Waals surface area contributed by atoms with Gasteiger partial charge in [0.15, 0.2) is 0 Å². The molecule has 0 fully saturated rings. The average Bonchev–Trinajstić information content (AvgIpc) is 2.13. The van der Waals surface area contributed by atoms with Crippen LogP contribution >= 0.6 is 15.9 Å². The largest absolute Gasteiger partial charge is 0.478 e. The summed E-state index contributed by atoms with van der Waals surface area (Å²) in [5.74, 6) is -2.45. The molecule has 0 aromatic heterocycles. The Morgan fingerprint density at radius 2 is 1.94 bits per heavy atom. The van der Waals surface area contributed by atoms with Gasteiger partial charge >= 0.3 is 12.1 Å². The van der Waals surface area contributed by atoms with Gasteiger partial charge in [-0.1, -0.05) is 15.9 Å². The fourth-order valence-electron chi connectivity index (χ4n) is 1.14. The molecule has 0 amide bonds. The molecule has 0 saturated heterocycles. The van der Waals surface area contributed by atoms with Gasteiger partial charge in [-0.3, -0.25) is 0 Å². The summed E-state index contributed by atoms with van der Waals surface area (Å²) in [5.41, 5.74) is -1.66. The van der Waals surface area contributed by atoms with Gasteiger partial charge < -0.3 is 5.11 Å². The molecule has 0 aliphatic heterocycles. The maximum Gasteiger partial charge on any atom is 0.417 e. The molecule has 2 nitrogen and oxygen atoms in total. The molecule has 1 N–H and O–H groups in total. The third kappa shape index (κ3) is 3.55. The van der Waals surface area contributed by atoms with Gasteiger partial charge in [0.25, 0.3) is 0 Å². The Bertz CT molecular complexity index is 480. The highest BCUT2D eigenvalue weighted by Gasteiger charge is 2.34. The molecule has 1 rings (SSSR count). The highest BCUT2D eigenvalue weighted by Crippen LogP contribution is 2.36. The molecule has 92 valence electrons. The van der Waals surface area contributed by atoms with Crippen molar-refractivity contribution in [2.45, 2.75) is 6.18 Å².